The second-order valence-electron chi connectivity index (χ2n) is 6.53. The van der Waals surface area contributed by atoms with Crippen molar-refractivity contribution >= 4 is 5.91 Å². The molecule has 112 valence electrons. The van der Waals surface area contributed by atoms with E-state index in [0.717, 1.165) is 32.2 Å². The molecule has 3 atom stereocenters. The molecule has 0 aromatic carbocycles. The van der Waals surface area contributed by atoms with Gasteiger partial charge < -0.3 is 11.1 Å². The van der Waals surface area contributed by atoms with Gasteiger partial charge in [-0.1, -0.05) is 6.42 Å². The standard InChI is InChI=1S/C15H26N4O/c1-11(17)13-5-3-4-8-19(13)9-14(20)18-15(2,10-16)12-6-7-12/h11-13H,3-9,17H2,1-2H3,(H,18,20). The number of amides is 1. The van der Waals surface area contributed by atoms with Gasteiger partial charge in [0.25, 0.3) is 0 Å². The SMILES string of the molecule is CC(N)C1CCCCN1CC(=O)NC(C)(C#N)C1CC1. The van der Waals surface area contributed by atoms with E-state index in [1.165, 1.54) is 6.42 Å². The molecule has 0 spiro atoms. The molecule has 0 bridgehead atoms. The average Bonchev–Trinajstić information content (AvgIpc) is 3.23. The first-order chi connectivity index (χ1) is 9.46. The summed E-state index contributed by atoms with van der Waals surface area (Å²) in [6, 6.07) is 2.63. The van der Waals surface area contributed by atoms with Gasteiger partial charge in [0, 0.05) is 12.1 Å². The number of rotatable bonds is 5. The minimum absolute atomic E-state index is 0.0477. The summed E-state index contributed by atoms with van der Waals surface area (Å²) in [6.07, 6.45) is 5.44. The van der Waals surface area contributed by atoms with Crippen LogP contribution < -0.4 is 11.1 Å². The fraction of sp³-hybridized carbons (Fsp3) is 0.867. The zero-order chi connectivity index (χ0) is 14.8. The number of hydrogen-bond donors (Lipinski definition) is 2. The molecule has 1 aliphatic heterocycles. The molecular formula is C15H26N4O. The molecular weight excluding hydrogens is 252 g/mol. The predicted molar refractivity (Wildman–Crippen MR) is 77.7 cm³/mol. The average molecular weight is 278 g/mol. The summed E-state index contributed by atoms with van der Waals surface area (Å²) in [5.41, 5.74) is 5.32. The number of hydrogen-bond acceptors (Lipinski definition) is 4. The fourth-order valence-electron chi connectivity index (χ4n) is 3.20. The second-order valence-corrected chi connectivity index (χ2v) is 6.53. The van der Waals surface area contributed by atoms with Crippen LogP contribution in [0, 0.1) is 17.2 Å². The smallest absolute Gasteiger partial charge is 0.235 e. The summed E-state index contributed by atoms with van der Waals surface area (Å²) in [6.45, 7) is 5.12. The molecule has 2 rings (SSSR count). The third-order valence-corrected chi connectivity index (χ3v) is 4.64. The summed E-state index contributed by atoms with van der Waals surface area (Å²) in [5, 5.41) is 12.2. The van der Waals surface area contributed by atoms with Crippen molar-refractivity contribution in [2.45, 2.75) is 63.6 Å². The Hall–Kier alpha value is -1.12. The van der Waals surface area contributed by atoms with Gasteiger partial charge in [-0.2, -0.15) is 5.26 Å². The molecule has 0 radical (unpaired) electrons. The highest BCUT2D eigenvalue weighted by molar-refractivity contribution is 5.79. The molecule has 2 aliphatic rings. The van der Waals surface area contributed by atoms with Crippen molar-refractivity contribution in [1.82, 2.24) is 10.2 Å². The minimum Gasteiger partial charge on any atom is -0.337 e. The van der Waals surface area contributed by atoms with Gasteiger partial charge in [0.2, 0.25) is 5.91 Å². The van der Waals surface area contributed by atoms with Crippen LogP contribution in [0.5, 0.6) is 0 Å². The highest BCUT2D eigenvalue weighted by Crippen LogP contribution is 2.39. The first-order valence-electron chi connectivity index (χ1n) is 7.68. The Labute approximate surface area is 121 Å². The van der Waals surface area contributed by atoms with Crippen LogP contribution in [0.15, 0.2) is 0 Å². The first kappa shape index (κ1) is 15.3. The Balaban J connectivity index is 1.91. The number of carbonyl (C=O) groups is 1. The van der Waals surface area contributed by atoms with Gasteiger partial charge in [-0.3, -0.25) is 9.69 Å². The maximum atomic E-state index is 12.2. The number of nitriles is 1. The van der Waals surface area contributed by atoms with Crippen LogP contribution in [0.2, 0.25) is 0 Å². The molecule has 3 unspecified atom stereocenters. The van der Waals surface area contributed by atoms with E-state index in [1.807, 2.05) is 13.8 Å². The van der Waals surface area contributed by atoms with E-state index in [4.69, 9.17) is 5.73 Å². The molecule has 1 aliphatic carbocycles. The third kappa shape index (κ3) is 3.50. The van der Waals surface area contributed by atoms with Crippen molar-refractivity contribution in [2.75, 3.05) is 13.1 Å². The van der Waals surface area contributed by atoms with Crippen molar-refractivity contribution in [2.24, 2.45) is 11.7 Å². The van der Waals surface area contributed by atoms with E-state index in [2.05, 4.69) is 16.3 Å². The monoisotopic (exact) mass is 278 g/mol. The second kappa shape index (κ2) is 6.11. The van der Waals surface area contributed by atoms with E-state index in [0.29, 0.717) is 12.5 Å². The van der Waals surface area contributed by atoms with E-state index in [-0.39, 0.29) is 18.0 Å². The Morgan fingerprint density at radius 2 is 2.20 bits per heavy atom. The van der Waals surface area contributed by atoms with Gasteiger partial charge in [-0.25, -0.2) is 0 Å². The molecule has 1 saturated heterocycles. The van der Waals surface area contributed by atoms with Crippen LogP contribution in [0.4, 0.5) is 0 Å². The number of nitrogens with zero attached hydrogens (tertiary/aromatic N) is 2. The lowest BCUT2D eigenvalue weighted by Gasteiger charge is -2.38. The molecule has 2 fully saturated rings. The highest BCUT2D eigenvalue weighted by atomic mass is 16.2. The number of nitrogens with one attached hydrogen (secondary N) is 1. The van der Waals surface area contributed by atoms with Gasteiger partial charge in [0.1, 0.15) is 5.54 Å². The molecule has 5 heteroatoms. The molecule has 20 heavy (non-hydrogen) atoms. The van der Waals surface area contributed by atoms with E-state index in [9.17, 15) is 10.1 Å². The van der Waals surface area contributed by atoms with Crippen molar-refractivity contribution in [1.29, 1.82) is 5.26 Å². The quantitative estimate of drug-likeness (QED) is 0.786. The van der Waals surface area contributed by atoms with Gasteiger partial charge in [-0.05, 0) is 52.0 Å². The summed E-state index contributed by atoms with van der Waals surface area (Å²) in [4.78, 5) is 14.4. The van der Waals surface area contributed by atoms with Gasteiger partial charge in [-0.15, -0.1) is 0 Å². The summed E-state index contributed by atoms with van der Waals surface area (Å²) in [5.74, 6) is 0.274. The Morgan fingerprint density at radius 3 is 2.75 bits per heavy atom. The Morgan fingerprint density at radius 1 is 1.50 bits per heavy atom. The third-order valence-electron chi connectivity index (χ3n) is 4.64. The molecule has 5 nitrogen and oxygen atoms in total. The van der Waals surface area contributed by atoms with Crippen LogP contribution in [0.1, 0.15) is 46.0 Å². The van der Waals surface area contributed by atoms with Gasteiger partial charge in [0.15, 0.2) is 0 Å². The fourth-order valence-corrected chi connectivity index (χ4v) is 3.20. The lowest BCUT2D eigenvalue weighted by atomic mass is 9.96. The van der Waals surface area contributed by atoms with E-state index >= 15 is 0 Å². The lowest BCUT2D eigenvalue weighted by molar-refractivity contribution is -0.124. The highest BCUT2D eigenvalue weighted by Gasteiger charge is 2.43. The maximum Gasteiger partial charge on any atom is 0.235 e. The van der Waals surface area contributed by atoms with E-state index < -0.39 is 5.54 Å². The minimum atomic E-state index is -0.698. The van der Waals surface area contributed by atoms with Gasteiger partial charge in [0.05, 0.1) is 12.6 Å². The summed E-state index contributed by atoms with van der Waals surface area (Å²) < 4.78 is 0. The largest absolute Gasteiger partial charge is 0.337 e. The topological polar surface area (TPSA) is 82.2 Å². The summed E-state index contributed by atoms with van der Waals surface area (Å²) >= 11 is 0. The van der Waals surface area contributed by atoms with E-state index in [1.54, 1.807) is 0 Å². The number of carbonyl (C=O) groups excluding carboxylic acids is 1. The maximum absolute atomic E-state index is 12.2. The predicted octanol–water partition coefficient (Wildman–Crippen LogP) is 0.997. The number of piperidine rings is 1. The normalized spacial score (nSPS) is 28.2. The van der Waals surface area contributed by atoms with Crippen molar-refractivity contribution in [3.63, 3.8) is 0 Å². The Kier molecular flexibility index (Phi) is 4.66. The first-order valence-corrected chi connectivity index (χ1v) is 7.68. The van der Waals surface area contributed by atoms with Crippen LogP contribution in [0.25, 0.3) is 0 Å². The van der Waals surface area contributed by atoms with Crippen LogP contribution >= 0.6 is 0 Å². The summed E-state index contributed by atoms with van der Waals surface area (Å²) in [7, 11) is 0. The van der Waals surface area contributed by atoms with Gasteiger partial charge >= 0.3 is 0 Å². The van der Waals surface area contributed by atoms with Crippen LogP contribution in [-0.2, 0) is 4.79 Å². The number of likely N-dealkylation sites (tertiary alicyclic amines) is 1. The molecule has 1 saturated carbocycles. The van der Waals surface area contributed by atoms with Crippen LogP contribution in [-0.4, -0.2) is 41.5 Å². The number of nitrogens with two attached hydrogens (primary N) is 1. The van der Waals surface area contributed by atoms with Crippen molar-refractivity contribution in [3.8, 4) is 6.07 Å². The molecule has 1 heterocycles. The van der Waals surface area contributed by atoms with Crippen molar-refractivity contribution < 1.29 is 4.79 Å². The molecule has 1 amide bonds. The molecule has 0 aromatic rings. The lowest BCUT2D eigenvalue weighted by Crippen LogP contribution is -2.55. The van der Waals surface area contributed by atoms with Crippen molar-refractivity contribution in [3.05, 3.63) is 0 Å². The Bertz CT molecular complexity index is 399. The van der Waals surface area contributed by atoms with Crippen LogP contribution in [0.3, 0.4) is 0 Å². The molecule has 0 aromatic heterocycles. The zero-order valence-electron chi connectivity index (χ0n) is 12.6. The molecule has 3 N–H and O–H groups in total. The zero-order valence-corrected chi connectivity index (χ0v) is 12.6.